The molecule has 1 aliphatic heterocycles. The minimum absolute atomic E-state index is 0.0513. The summed E-state index contributed by atoms with van der Waals surface area (Å²) >= 11 is 0. The van der Waals surface area contributed by atoms with Crippen LogP contribution in [0.2, 0.25) is 0 Å². The highest BCUT2D eigenvalue weighted by atomic mass is 19.4. The molecule has 10 heteroatoms. The molecular formula is C31H41F3N4O3. The molecule has 3 amide bonds. The van der Waals surface area contributed by atoms with Gasteiger partial charge in [0.25, 0.3) is 5.91 Å². The second kappa shape index (κ2) is 13.5. The molecule has 1 aliphatic rings. The van der Waals surface area contributed by atoms with Crippen molar-refractivity contribution in [2.75, 3.05) is 26.7 Å². The molecule has 3 rings (SSSR count). The van der Waals surface area contributed by atoms with Crippen LogP contribution >= 0.6 is 0 Å². The topological polar surface area (TPSA) is 81.8 Å². The minimum Gasteiger partial charge on any atom is -0.342 e. The normalized spacial score (nSPS) is 17.2. The molecular weight excluding hydrogens is 533 g/mol. The maximum Gasteiger partial charge on any atom is 0.416 e. The highest BCUT2D eigenvalue weighted by Gasteiger charge is 2.41. The van der Waals surface area contributed by atoms with Gasteiger partial charge in [-0.3, -0.25) is 14.4 Å². The van der Waals surface area contributed by atoms with E-state index in [1.807, 2.05) is 51.1 Å². The molecule has 2 aromatic rings. The Morgan fingerprint density at radius 1 is 1.05 bits per heavy atom. The zero-order valence-electron chi connectivity index (χ0n) is 24.4. The van der Waals surface area contributed by atoms with Crippen molar-refractivity contribution in [3.63, 3.8) is 0 Å². The predicted molar refractivity (Wildman–Crippen MR) is 152 cm³/mol. The van der Waals surface area contributed by atoms with Crippen LogP contribution in [-0.4, -0.2) is 72.3 Å². The average molecular weight is 575 g/mol. The van der Waals surface area contributed by atoms with Crippen molar-refractivity contribution in [2.45, 2.75) is 71.3 Å². The lowest BCUT2D eigenvalue weighted by Gasteiger charge is -2.37. The molecule has 1 fully saturated rings. The third-order valence-corrected chi connectivity index (χ3v) is 7.55. The first-order chi connectivity index (χ1) is 19.2. The molecule has 0 radical (unpaired) electrons. The Balaban J connectivity index is 1.87. The molecule has 0 aromatic heterocycles. The van der Waals surface area contributed by atoms with E-state index in [0.717, 1.165) is 24.1 Å². The summed E-state index contributed by atoms with van der Waals surface area (Å²) in [7, 11) is 1.67. The third-order valence-electron chi connectivity index (χ3n) is 7.55. The van der Waals surface area contributed by atoms with Crippen LogP contribution in [0.1, 0.15) is 62.0 Å². The van der Waals surface area contributed by atoms with Gasteiger partial charge in [-0.2, -0.15) is 13.2 Å². The van der Waals surface area contributed by atoms with Gasteiger partial charge in [0.1, 0.15) is 6.04 Å². The van der Waals surface area contributed by atoms with Crippen molar-refractivity contribution in [2.24, 2.45) is 5.41 Å². The minimum atomic E-state index is -4.57. The predicted octanol–water partition coefficient (Wildman–Crippen LogP) is 4.52. The number of halogens is 3. The van der Waals surface area contributed by atoms with E-state index in [4.69, 9.17) is 0 Å². The van der Waals surface area contributed by atoms with Crippen molar-refractivity contribution >= 4 is 17.7 Å². The first-order valence-corrected chi connectivity index (χ1v) is 14.0. The molecule has 0 unspecified atom stereocenters. The molecule has 0 bridgehead atoms. The Kier molecular flexibility index (Phi) is 10.6. The van der Waals surface area contributed by atoms with Gasteiger partial charge >= 0.3 is 6.18 Å². The van der Waals surface area contributed by atoms with Crippen molar-refractivity contribution in [1.82, 2.24) is 20.4 Å². The summed E-state index contributed by atoms with van der Waals surface area (Å²) in [5.74, 6) is -1.04. The number of alkyl halides is 3. The first-order valence-electron chi connectivity index (χ1n) is 14.0. The molecule has 2 N–H and O–H groups in total. The Hall–Kier alpha value is -3.40. The number of carbonyl (C=O) groups is 3. The van der Waals surface area contributed by atoms with Crippen molar-refractivity contribution in [1.29, 1.82) is 0 Å². The number of carbonyl (C=O) groups excluding carboxylic acids is 3. The van der Waals surface area contributed by atoms with Crippen LogP contribution in [0.25, 0.3) is 0 Å². The summed E-state index contributed by atoms with van der Waals surface area (Å²) in [6, 6.07) is 12.4. The van der Waals surface area contributed by atoms with Gasteiger partial charge in [-0.1, -0.05) is 57.2 Å². The summed E-state index contributed by atoms with van der Waals surface area (Å²) < 4.78 is 40.2. The monoisotopic (exact) mass is 574 g/mol. The number of benzene rings is 2. The Labute approximate surface area is 240 Å². The molecule has 0 aliphatic carbocycles. The van der Waals surface area contributed by atoms with Gasteiger partial charge < -0.3 is 20.4 Å². The van der Waals surface area contributed by atoms with E-state index in [9.17, 15) is 27.6 Å². The van der Waals surface area contributed by atoms with Gasteiger partial charge in [-0.05, 0) is 62.4 Å². The van der Waals surface area contributed by atoms with E-state index < -0.39 is 35.1 Å². The van der Waals surface area contributed by atoms with E-state index in [1.54, 1.807) is 23.8 Å². The summed E-state index contributed by atoms with van der Waals surface area (Å²) in [5, 5.41) is 5.78. The van der Waals surface area contributed by atoms with Crippen LogP contribution in [0.3, 0.4) is 0 Å². The lowest BCUT2D eigenvalue weighted by atomic mass is 9.85. The van der Waals surface area contributed by atoms with Crippen molar-refractivity contribution < 1.29 is 27.6 Å². The zero-order chi connectivity index (χ0) is 30.4. The highest BCUT2D eigenvalue weighted by Crippen LogP contribution is 2.30. The SMILES string of the molecule is CN[C@@H](C)C(=O)N[C@H](C(=O)N1CCC[C@H]1CN(CCc1ccccc1)C(=O)c1cccc(C(F)(F)F)c1)C(C)(C)C. The first kappa shape index (κ1) is 32.1. The van der Waals surface area contributed by atoms with Gasteiger partial charge in [-0.25, -0.2) is 0 Å². The summed E-state index contributed by atoms with van der Waals surface area (Å²) in [5.41, 5.74) is -0.523. The van der Waals surface area contributed by atoms with E-state index >= 15 is 0 Å². The van der Waals surface area contributed by atoms with E-state index in [0.29, 0.717) is 19.4 Å². The summed E-state index contributed by atoms with van der Waals surface area (Å²) in [6.45, 7) is 8.28. The second-order valence-electron chi connectivity index (χ2n) is 11.7. The number of likely N-dealkylation sites (tertiary alicyclic amines) is 1. The van der Waals surface area contributed by atoms with Gasteiger partial charge in [0, 0.05) is 31.2 Å². The fraction of sp³-hybridized carbons (Fsp3) is 0.516. The summed E-state index contributed by atoms with van der Waals surface area (Å²) in [6.07, 6.45) is -2.70. The van der Waals surface area contributed by atoms with E-state index in [1.165, 1.54) is 12.1 Å². The lowest BCUT2D eigenvalue weighted by Crippen LogP contribution is -2.59. The number of hydrogen-bond acceptors (Lipinski definition) is 4. The van der Waals surface area contributed by atoms with Gasteiger partial charge in [-0.15, -0.1) is 0 Å². The Bertz CT molecular complexity index is 1200. The van der Waals surface area contributed by atoms with Crippen molar-refractivity contribution in [3.8, 4) is 0 Å². The molecule has 7 nitrogen and oxygen atoms in total. The van der Waals surface area contributed by atoms with Crippen molar-refractivity contribution in [3.05, 3.63) is 71.3 Å². The molecule has 2 aromatic carbocycles. The second-order valence-corrected chi connectivity index (χ2v) is 11.7. The number of hydrogen-bond donors (Lipinski definition) is 2. The number of nitrogens with zero attached hydrogens (tertiary/aromatic N) is 2. The maximum absolute atomic E-state index is 13.9. The molecule has 1 saturated heterocycles. The smallest absolute Gasteiger partial charge is 0.342 e. The van der Waals surface area contributed by atoms with Crippen LogP contribution in [0.4, 0.5) is 13.2 Å². The Morgan fingerprint density at radius 3 is 2.34 bits per heavy atom. The lowest BCUT2D eigenvalue weighted by molar-refractivity contribution is -0.140. The number of rotatable bonds is 10. The van der Waals surface area contributed by atoms with Crippen LogP contribution in [0.5, 0.6) is 0 Å². The average Bonchev–Trinajstić information content (AvgIpc) is 3.40. The van der Waals surface area contributed by atoms with Crippen LogP contribution in [0.15, 0.2) is 54.6 Å². The third kappa shape index (κ3) is 8.55. The standard InChI is InChI=1S/C31H41F3N4O3/c1-21(35-5)27(39)36-26(30(2,3)4)29(41)38-17-10-15-25(38)20-37(18-16-22-11-7-6-8-12-22)28(40)23-13-9-14-24(19-23)31(32,33)34/h6-9,11-14,19,21,25-26,35H,10,15-18,20H2,1-5H3,(H,36,39)/t21-,25-,26+/m0/s1. The van der Waals surface area contributed by atoms with E-state index in [-0.39, 0.29) is 36.5 Å². The van der Waals surface area contributed by atoms with Crippen LogP contribution in [-0.2, 0) is 22.2 Å². The molecule has 0 spiro atoms. The number of amides is 3. The highest BCUT2D eigenvalue weighted by molar-refractivity contribution is 5.94. The quantitative estimate of drug-likeness (QED) is 0.437. The van der Waals surface area contributed by atoms with Gasteiger partial charge in [0.05, 0.1) is 11.6 Å². The molecule has 41 heavy (non-hydrogen) atoms. The van der Waals surface area contributed by atoms with Gasteiger partial charge in [0.15, 0.2) is 0 Å². The number of nitrogens with one attached hydrogen (secondary N) is 2. The largest absolute Gasteiger partial charge is 0.416 e. The fourth-order valence-corrected chi connectivity index (χ4v) is 4.98. The van der Waals surface area contributed by atoms with Gasteiger partial charge in [0.2, 0.25) is 11.8 Å². The van der Waals surface area contributed by atoms with E-state index in [2.05, 4.69) is 10.6 Å². The van der Waals surface area contributed by atoms with Crippen LogP contribution < -0.4 is 10.6 Å². The summed E-state index contributed by atoms with van der Waals surface area (Å²) in [4.78, 5) is 43.5. The fourth-order valence-electron chi connectivity index (χ4n) is 4.98. The zero-order valence-corrected chi connectivity index (χ0v) is 24.4. The molecule has 3 atom stereocenters. The Morgan fingerprint density at radius 2 is 1.73 bits per heavy atom. The molecule has 1 heterocycles. The number of likely N-dealkylation sites (N-methyl/N-ethyl adjacent to an activating group) is 1. The maximum atomic E-state index is 13.9. The van der Waals surface area contributed by atoms with Crippen LogP contribution in [0, 0.1) is 5.41 Å². The molecule has 0 saturated carbocycles. The molecule has 224 valence electrons.